The third-order valence-electron chi connectivity index (χ3n) is 2.75. The van der Waals surface area contributed by atoms with E-state index >= 15 is 0 Å². The van der Waals surface area contributed by atoms with Gasteiger partial charge in [-0.2, -0.15) is 0 Å². The van der Waals surface area contributed by atoms with E-state index in [1.54, 1.807) is 0 Å². The molecule has 0 aliphatic heterocycles. The highest BCUT2D eigenvalue weighted by atomic mass is 16.5. The molecule has 0 spiro atoms. The highest BCUT2D eigenvalue weighted by Crippen LogP contribution is 2.08. The van der Waals surface area contributed by atoms with Crippen LogP contribution in [0.2, 0.25) is 0 Å². The van der Waals surface area contributed by atoms with Crippen LogP contribution in [0, 0.1) is 0 Å². The van der Waals surface area contributed by atoms with Crippen LogP contribution < -0.4 is 5.32 Å². The van der Waals surface area contributed by atoms with E-state index < -0.39 is 0 Å². The monoisotopic (exact) mass is 260 g/mol. The Hall–Kier alpha value is -1.75. The smallest absolute Gasteiger partial charge is 0.243 e. The minimum absolute atomic E-state index is 0.576. The number of hydrogen-bond acceptors (Lipinski definition) is 5. The van der Waals surface area contributed by atoms with Gasteiger partial charge in [0.25, 0.3) is 0 Å². The average molecular weight is 260 g/mol. The highest BCUT2D eigenvalue weighted by Gasteiger charge is 1.99. The highest BCUT2D eigenvalue weighted by molar-refractivity contribution is 5.73. The van der Waals surface area contributed by atoms with Crippen LogP contribution in [-0.4, -0.2) is 34.9 Å². The van der Waals surface area contributed by atoms with Crippen molar-refractivity contribution in [2.24, 2.45) is 0 Å². The van der Waals surface area contributed by atoms with Crippen LogP contribution in [0.15, 0.2) is 24.3 Å². The molecule has 2 aromatic rings. The summed E-state index contributed by atoms with van der Waals surface area (Å²) < 4.78 is 5.49. The van der Waals surface area contributed by atoms with E-state index in [4.69, 9.17) is 4.74 Å². The third kappa shape index (κ3) is 4.44. The fraction of sp³-hybridized carbons (Fsp3) is 0.500. The molecule has 0 saturated heterocycles. The zero-order chi connectivity index (χ0) is 13.3. The Kier molecular flexibility index (Phi) is 5.49. The molecule has 0 bridgehead atoms. The van der Waals surface area contributed by atoms with Crippen LogP contribution >= 0.6 is 0 Å². The minimum Gasteiger partial charge on any atom is -0.381 e. The van der Waals surface area contributed by atoms with Gasteiger partial charge < -0.3 is 10.1 Å². The van der Waals surface area contributed by atoms with Crippen LogP contribution in [0.1, 0.15) is 26.2 Å². The molecule has 1 heterocycles. The van der Waals surface area contributed by atoms with E-state index in [1.165, 1.54) is 6.42 Å². The molecule has 0 aliphatic carbocycles. The molecule has 0 atom stereocenters. The Labute approximate surface area is 113 Å². The van der Waals surface area contributed by atoms with Crippen molar-refractivity contribution >= 4 is 17.0 Å². The summed E-state index contributed by atoms with van der Waals surface area (Å²) >= 11 is 0. The van der Waals surface area contributed by atoms with Crippen molar-refractivity contribution < 1.29 is 4.74 Å². The first-order valence-electron chi connectivity index (χ1n) is 6.81. The number of ether oxygens (including phenoxy) is 1. The van der Waals surface area contributed by atoms with Gasteiger partial charge in [-0.15, -0.1) is 10.2 Å². The summed E-state index contributed by atoms with van der Waals surface area (Å²) in [4.78, 5) is 4.40. The van der Waals surface area contributed by atoms with Crippen molar-refractivity contribution in [3.8, 4) is 0 Å². The number of benzene rings is 1. The van der Waals surface area contributed by atoms with Crippen LogP contribution in [0.25, 0.3) is 11.0 Å². The predicted octanol–water partition coefficient (Wildman–Crippen LogP) is 2.64. The van der Waals surface area contributed by atoms with Crippen LogP contribution in [-0.2, 0) is 4.74 Å². The lowest BCUT2D eigenvalue weighted by atomic mass is 10.3. The fourth-order valence-electron chi connectivity index (χ4n) is 1.68. The van der Waals surface area contributed by atoms with Crippen molar-refractivity contribution in [3.05, 3.63) is 24.3 Å². The zero-order valence-electron chi connectivity index (χ0n) is 11.3. The van der Waals surface area contributed by atoms with E-state index in [2.05, 4.69) is 27.4 Å². The number of nitrogens with zero attached hydrogens (tertiary/aromatic N) is 3. The molecule has 0 saturated carbocycles. The molecular formula is C14H20N4O. The van der Waals surface area contributed by atoms with Gasteiger partial charge in [0, 0.05) is 19.8 Å². The van der Waals surface area contributed by atoms with Crippen molar-refractivity contribution in [1.82, 2.24) is 15.2 Å². The summed E-state index contributed by atoms with van der Waals surface area (Å²) in [6, 6.07) is 7.71. The lowest BCUT2D eigenvalue weighted by Gasteiger charge is -2.05. The molecule has 2 rings (SSSR count). The van der Waals surface area contributed by atoms with Gasteiger partial charge >= 0.3 is 0 Å². The summed E-state index contributed by atoms with van der Waals surface area (Å²) in [5.41, 5.74) is 1.68. The lowest BCUT2D eigenvalue weighted by molar-refractivity contribution is 0.131. The SMILES string of the molecule is CCCCOCCCNc1nnc2ccccc2n1. The maximum Gasteiger partial charge on any atom is 0.243 e. The summed E-state index contributed by atoms with van der Waals surface area (Å²) in [5.74, 6) is 0.576. The number of nitrogens with one attached hydrogen (secondary N) is 1. The maximum atomic E-state index is 5.49. The van der Waals surface area contributed by atoms with Gasteiger partial charge in [0.1, 0.15) is 5.52 Å². The molecule has 0 unspecified atom stereocenters. The molecule has 1 aromatic carbocycles. The Morgan fingerprint density at radius 2 is 1.84 bits per heavy atom. The first-order chi connectivity index (χ1) is 9.40. The quantitative estimate of drug-likeness (QED) is 0.739. The molecule has 0 radical (unpaired) electrons. The first kappa shape index (κ1) is 13.7. The van der Waals surface area contributed by atoms with Gasteiger partial charge in [-0.1, -0.05) is 25.5 Å². The second-order valence-corrected chi connectivity index (χ2v) is 4.37. The largest absolute Gasteiger partial charge is 0.381 e. The molecule has 1 aromatic heterocycles. The second-order valence-electron chi connectivity index (χ2n) is 4.37. The standard InChI is InChI=1S/C14H20N4O/c1-2-3-10-19-11-6-9-15-14-16-12-7-4-5-8-13(12)17-18-14/h4-5,7-8H,2-3,6,9-11H2,1H3,(H,15,16,18). The van der Waals surface area contributed by atoms with E-state index in [1.807, 2.05) is 24.3 Å². The van der Waals surface area contributed by atoms with Gasteiger partial charge in [-0.05, 0) is 25.0 Å². The maximum absolute atomic E-state index is 5.49. The molecule has 5 heteroatoms. The van der Waals surface area contributed by atoms with E-state index in [0.717, 1.165) is 43.6 Å². The van der Waals surface area contributed by atoms with E-state index in [9.17, 15) is 0 Å². The Morgan fingerprint density at radius 3 is 2.68 bits per heavy atom. The molecular weight excluding hydrogens is 240 g/mol. The van der Waals surface area contributed by atoms with Crippen LogP contribution in [0.3, 0.4) is 0 Å². The van der Waals surface area contributed by atoms with E-state index in [-0.39, 0.29) is 0 Å². The van der Waals surface area contributed by atoms with Gasteiger partial charge in [0.05, 0.1) is 5.52 Å². The molecule has 0 amide bonds. The molecule has 5 nitrogen and oxygen atoms in total. The number of anilines is 1. The van der Waals surface area contributed by atoms with E-state index in [0.29, 0.717) is 5.95 Å². The third-order valence-corrected chi connectivity index (χ3v) is 2.75. The summed E-state index contributed by atoms with van der Waals surface area (Å²) in [5, 5.41) is 11.3. The Bertz CT molecular complexity index is 504. The number of fused-ring (bicyclic) bond motifs is 1. The van der Waals surface area contributed by atoms with Gasteiger partial charge in [0.15, 0.2) is 0 Å². The Balaban J connectivity index is 1.72. The average Bonchev–Trinajstić information content (AvgIpc) is 2.46. The number of rotatable bonds is 8. The van der Waals surface area contributed by atoms with Crippen molar-refractivity contribution in [3.63, 3.8) is 0 Å². The second kappa shape index (κ2) is 7.63. The van der Waals surface area contributed by atoms with Crippen molar-refractivity contribution in [2.75, 3.05) is 25.1 Å². The summed E-state index contributed by atoms with van der Waals surface area (Å²) in [6.07, 6.45) is 3.25. The topological polar surface area (TPSA) is 59.9 Å². The van der Waals surface area contributed by atoms with Gasteiger partial charge in [-0.25, -0.2) is 4.98 Å². The lowest BCUT2D eigenvalue weighted by Crippen LogP contribution is -2.09. The minimum atomic E-state index is 0.576. The zero-order valence-corrected chi connectivity index (χ0v) is 11.3. The fourth-order valence-corrected chi connectivity index (χ4v) is 1.68. The number of hydrogen-bond donors (Lipinski definition) is 1. The predicted molar refractivity (Wildman–Crippen MR) is 76.2 cm³/mol. The summed E-state index contributed by atoms with van der Waals surface area (Å²) in [7, 11) is 0. The molecule has 0 fully saturated rings. The van der Waals surface area contributed by atoms with Gasteiger partial charge in [0.2, 0.25) is 5.95 Å². The number of unbranched alkanes of at least 4 members (excludes halogenated alkanes) is 1. The number of aromatic nitrogens is 3. The molecule has 102 valence electrons. The summed E-state index contributed by atoms with van der Waals surface area (Å²) in [6.45, 7) is 4.58. The Morgan fingerprint density at radius 1 is 1.05 bits per heavy atom. The van der Waals surface area contributed by atoms with Crippen molar-refractivity contribution in [1.29, 1.82) is 0 Å². The first-order valence-corrected chi connectivity index (χ1v) is 6.81. The molecule has 1 N–H and O–H groups in total. The van der Waals surface area contributed by atoms with Gasteiger partial charge in [-0.3, -0.25) is 0 Å². The number of para-hydroxylation sites is 1. The van der Waals surface area contributed by atoms with Crippen molar-refractivity contribution in [2.45, 2.75) is 26.2 Å². The molecule has 0 aliphatic rings. The molecule has 19 heavy (non-hydrogen) atoms. The normalized spacial score (nSPS) is 10.8. The van der Waals surface area contributed by atoms with Crippen LogP contribution in [0.4, 0.5) is 5.95 Å². The van der Waals surface area contributed by atoms with Crippen LogP contribution in [0.5, 0.6) is 0 Å².